The average molecular weight is 661 g/mol. The minimum absolute atomic E-state index is 0.101. The molecule has 47 heavy (non-hydrogen) atoms. The first-order chi connectivity index (χ1) is 23.0. The molecule has 1 aliphatic heterocycles. The summed E-state index contributed by atoms with van der Waals surface area (Å²) in [4.78, 5) is 20.1. The van der Waals surface area contributed by atoms with E-state index in [-0.39, 0.29) is 11.7 Å². The van der Waals surface area contributed by atoms with Gasteiger partial charge < -0.3 is 15.3 Å². The maximum absolute atomic E-state index is 12.9. The van der Waals surface area contributed by atoms with Crippen LogP contribution in [0.1, 0.15) is 21.5 Å². The molecule has 6 nitrogen and oxygen atoms in total. The lowest BCUT2D eigenvalue weighted by Gasteiger charge is -2.36. The van der Waals surface area contributed by atoms with Gasteiger partial charge in [0.2, 0.25) is 0 Å². The number of benzene rings is 5. The van der Waals surface area contributed by atoms with Crippen molar-refractivity contribution in [3.63, 3.8) is 0 Å². The fourth-order valence-corrected chi connectivity index (χ4v) is 7.23. The summed E-state index contributed by atoms with van der Waals surface area (Å²) in [7, 11) is 0. The molecule has 1 aliphatic rings. The van der Waals surface area contributed by atoms with Crippen molar-refractivity contribution in [2.75, 3.05) is 48.7 Å². The van der Waals surface area contributed by atoms with Crippen molar-refractivity contribution >= 4 is 41.0 Å². The summed E-state index contributed by atoms with van der Waals surface area (Å²) in [6.45, 7) is 7.64. The van der Waals surface area contributed by atoms with Crippen LogP contribution < -0.4 is 14.9 Å². The molecule has 1 fully saturated rings. The van der Waals surface area contributed by atoms with E-state index in [1.807, 2.05) is 48.2 Å². The molecule has 0 unspecified atom stereocenters. The molecular weight excluding hydrogens is 621 g/mol. The average Bonchev–Trinajstić information content (AvgIpc) is 3.11. The van der Waals surface area contributed by atoms with Crippen molar-refractivity contribution in [2.45, 2.75) is 23.3 Å². The zero-order valence-electron chi connectivity index (χ0n) is 26.6. The first-order valence-corrected chi connectivity index (χ1v) is 17.8. The van der Waals surface area contributed by atoms with E-state index in [0.29, 0.717) is 5.56 Å². The SMILES string of the molecule is Cc1cc(SNC(=O)c2ccc(N3CCN(Cc4ccccc4-c4ccc(O)cc4)CC3)cc2)ccc1NCCSc1ccccc1. The standard InChI is InChI=1S/C39H40N4O2S2/c1-29-27-36(19-20-38(29)40-21-26-46-35-8-3-2-4-9-35)47-41-39(45)31-11-15-33(16-12-31)43-24-22-42(23-25-43)28-32-7-5-6-10-37(32)30-13-17-34(44)18-14-30/h2-20,27,40,44H,21-26,28H2,1H3,(H,41,45). The lowest BCUT2D eigenvalue weighted by molar-refractivity contribution is 0.0984. The maximum atomic E-state index is 12.9. The van der Waals surface area contributed by atoms with E-state index in [0.717, 1.165) is 72.4 Å². The minimum Gasteiger partial charge on any atom is -0.508 e. The van der Waals surface area contributed by atoms with Gasteiger partial charge in [0.15, 0.2) is 0 Å². The molecule has 0 saturated carbocycles. The van der Waals surface area contributed by atoms with Gasteiger partial charge in [0.05, 0.1) is 0 Å². The number of amides is 1. The number of aryl methyl sites for hydroxylation is 1. The van der Waals surface area contributed by atoms with Crippen LogP contribution in [0.15, 0.2) is 131 Å². The molecular formula is C39H40N4O2S2. The highest BCUT2D eigenvalue weighted by molar-refractivity contribution is 7.99. The van der Waals surface area contributed by atoms with Crippen LogP contribution in [-0.2, 0) is 6.54 Å². The highest BCUT2D eigenvalue weighted by Gasteiger charge is 2.19. The zero-order chi connectivity index (χ0) is 32.4. The molecule has 6 rings (SSSR count). The van der Waals surface area contributed by atoms with E-state index in [2.05, 4.69) is 99.6 Å². The normalized spacial score (nSPS) is 13.3. The quantitative estimate of drug-likeness (QED) is 0.0707. The third kappa shape index (κ3) is 8.92. The second-order valence-electron chi connectivity index (χ2n) is 11.6. The number of thioether (sulfide) groups is 1. The first-order valence-electron chi connectivity index (χ1n) is 16.0. The van der Waals surface area contributed by atoms with Crippen LogP contribution in [-0.4, -0.2) is 54.4 Å². The molecule has 0 spiro atoms. The number of carbonyl (C=O) groups excluding carboxylic acids is 1. The van der Waals surface area contributed by atoms with Gasteiger partial charge in [0, 0.05) is 71.8 Å². The van der Waals surface area contributed by atoms with Crippen LogP contribution in [0.2, 0.25) is 0 Å². The molecule has 1 saturated heterocycles. The maximum Gasteiger partial charge on any atom is 0.261 e. The van der Waals surface area contributed by atoms with Gasteiger partial charge in [-0.05, 0) is 108 Å². The number of phenolic OH excluding ortho intramolecular Hbond substituents is 1. The predicted octanol–water partition coefficient (Wildman–Crippen LogP) is 8.33. The predicted molar refractivity (Wildman–Crippen MR) is 198 cm³/mol. The number of rotatable bonds is 12. The van der Waals surface area contributed by atoms with Gasteiger partial charge in [-0.1, -0.05) is 54.6 Å². The number of hydrogen-bond donors (Lipinski definition) is 3. The lowest BCUT2D eigenvalue weighted by Crippen LogP contribution is -2.46. The second-order valence-corrected chi connectivity index (χ2v) is 13.7. The fraction of sp³-hybridized carbons (Fsp3) is 0.205. The summed E-state index contributed by atoms with van der Waals surface area (Å²) < 4.78 is 3.00. The Balaban J connectivity index is 0.949. The van der Waals surface area contributed by atoms with Crippen molar-refractivity contribution < 1.29 is 9.90 Å². The van der Waals surface area contributed by atoms with E-state index < -0.39 is 0 Å². The number of aromatic hydroxyl groups is 1. The number of carbonyl (C=O) groups is 1. The Morgan fingerprint density at radius 2 is 1.51 bits per heavy atom. The number of anilines is 2. The van der Waals surface area contributed by atoms with Gasteiger partial charge in [-0.2, -0.15) is 0 Å². The Morgan fingerprint density at radius 1 is 0.787 bits per heavy atom. The molecule has 3 N–H and O–H groups in total. The zero-order valence-corrected chi connectivity index (χ0v) is 28.2. The van der Waals surface area contributed by atoms with Gasteiger partial charge in [0.1, 0.15) is 5.75 Å². The van der Waals surface area contributed by atoms with Crippen molar-refractivity contribution in [2.24, 2.45) is 0 Å². The molecule has 0 atom stereocenters. The van der Waals surface area contributed by atoms with E-state index in [9.17, 15) is 9.90 Å². The van der Waals surface area contributed by atoms with Gasteiger partial charge in [0.25, 0.3) is 5.91 Å². The number of nitrogens with zero attached hydrogens (tertiary/aromatic N) is 2. The molecule has 0 aromatic heterocycles. The minimum atomic E-state index is -0.101. The van der Waals surface area contributed by atoms with E-state index in [4.69, 9.17) is 0 Å². The summed E-state index contributed by atoms with van der Waals surface area (Å²) in [5.74, 6) is 1.17. The van der Waals surface area contributed by atoms with Crippen LogP contribution >= 0.6 is 23.7 Å². The monoisotopic (exact) mass is 660 g/mol. The van der Waals surface area contributed by atoms with Gasteiger partial charge in [-0.15, -0.1) is 11.8 Å². The summed E-state index contributed by atoms with van der Waals surface area (Å²) in [5.41, 5.74) is 7.66. The summed E-state index contributed by atoms with van der Waals surface area (Å²) >= 11 is 3.19. The Hall–Kier alpha value is -4.37. The molecule has 1 amide bonds. The third-order valence-electron chi connectivity index (χ3n) is 8.35. The summed E-state index contributed by atoms with van der Waals surface area (Å²) in [6, 6.07) is 40.5. The van der Waals surface area contributed by atoms with Crippen molar-refractivity contribution in [3.8, 4) is 16.9 Å². The molecule has 1 heterocycles. The third-order valence-corrected chi connectivity index (χ3v) is 10.1. The van der Waals surface area contributed by atoms with Crippen LogP contribution in [0.4, 0.5) is 11.4 Å². The Labute approximate surface area is 286 Å². The Kier molecular flexibility index (Phi) is 11.1. The van der Waals surface area contributed by atoms with Gasteiger partial charge in [-0.3, -0.25) is 14.4 Å². The topological polar surface area (TPSA) is 67.8 Å². The van der Waals surface area contributed by atoms with E-state index in [1.165, 1.54) is 28.0 Å². The van der Waals surface area contributed by atoms with Crippen LogP contribution in [0, 0.1) is 6.92 Å². The Morgan fingerprint density at radius 3 is 2.26 bits per heavy atom. The molecule has 5 aromatic rings. The smallest absolute Gasteiger partial charge is 0.261 e. The first kappa shape index (κ1) is 32.6. The van der Waals surface area contributed by atoms with Crippen molar-refractivity contribution in [1.29, 1.82) is 0 Å². The van der Waals surface area contributed by atoms with Crippen LogP contribution in [0.5, 0.6) is 5.75 Å². The second kappa shape index (κ2) is 16.0. The highest BCUT2D eigenvalue weighted by atomic mass is 32.2. The molecule has 0 aliphatic carbocycles. The van der Waals surface area contributed by atoms with Gasteiger partial charge in [-0.25, -0.2) is 0 Å². The number of piperazine rings is 1. The lowest BCUT2D eigenvalue weighted by atomic mass is 9.99. The van der Waals surface area contributed by atoms with Crippen molar-refractivity contribution in [3.05, 3.63) is 138 Å². The molecule has 8 heteroatoms. The number of nitrogens with one attached hydrogen (secondary N) is 2. The molecule has 0 radical (unpaired) electrons. The van der Waals surface area contributed by atoms with E-state index in [1.54, 1.807) is 12.1 Å². The van der Waals surface area contributed by atoms with Gasteiger partial charge >= 0.3 is 0 Å². The van der Waals surface area contributed by atoms with Crippen LogP contribution in [0.25, 0.3) is 11.1 Å². The fourth-order valence-electron chi connectivity index (χ4n) is 5.74. The largest absolute Gasteiger partial charge is 0.508 e. The molecule has 0 bridgehead atoms. The van der Waals surface area contributed by atoms with E-state index >= 15 is 0 Å². The number of hydrogen-bond acceptors (Lipinski definition) is 7. The van der Waals surface area contributed by atoms with Crippen molar-refractivity contribution in [1.82, 2.24) is 9.62 Å². The number of phenols is 1. The summed E-state index contributed by atoms with van der Waals surface area (Å²) in [6.07, 6.45) is 0. The van der Waals surface area contributed by atoms with Crippen LogP contribution in [0.3, 0.4) is 0 Å². The molecule has 5 aromatic carbocycles. The highest BCUT2D eigenvalue weighted by Crippen LogP contribution is 2.28. The molecule has 240 valence electrons. The summed E-state index contributed by atoms with van der Waals surface area (Å²) in [5, 5.41) is 13.2. The Bertz CT molecular complexity index is 1760.